The molecule has 2 nitrogen and oxygen atoms in total. The molecule has 0 N–H and O–H groups in total. The van der Waals surface area contributed by atoms with Crippen LogP contribution in [-0.2, 0) is 9.47 Å². The number of hydrogen-bond donors (Lipinski definition) is 0. The van der Waals surface area contributed by atoms with Gasteiger partial charge in [-0.15, -0.1) is 0 Å². The average Bonchev–Trinajstić information content (AvgIpc) is 2.25. The van der Waals surface area contributed by atoms with E-state index in [0.717, 1.165) is 0 Å². The number of alkyl halides is 9. The Hall–Kier alpha value is -1.34. The van der Waals surface area contributed by atoms with Crippen molar-refractivity contribution in [2.45, 2.75) is 24.2 Å². The fraction of sp³-hybridized carbons (Fsp3) is 0.714. The highest BCUT2D eigenvalue weighted by atomic mass is 19.4. The van der Waals surface area contributed by atoms with Crippen LogP contribution in [0.25, 0.3) is 0 Å². The molecule has 0 heterocycles. The van der Waals surface area contributed by atoms with Crippen LogP contribution in [0.4, 0.5) is 52.7 Å². The van der Waals surface area contributed by atoms with E-state index < -0.39 is 43.0 Å². The Bertz CT molecular complexity index is 397. The van der Waals surface area contributed by atoms with E-state index in [2.05, 4.69) is 0 Å². The summed E-state index contributed by atoms with van der Waals surface area (Å²) in [5, 5.41) is 0. The Balaban J connectivity index is 5.77. The predicted octanol–water partition coefficient (Wildman–Crippen LogP) is 4.44. The monoisotopic (exact) mass is 346 g/mol. The Kier molecular flexibility index (Phi) is 5.44. The zero-order valence-corrected chi connectivity index (χ0v) is 9.06. The lowest BCUT2D eigenvalue weighted by atomic mass is 10.2. The van der Waals surface area contributed by atoms with E-state index in [9.17, 15) is 52.7 Å². The molecule has 0 aliphatic rings. The molecule has 21 heavy (non-hydrogen) atoms. The number of rotatable bonds is 6. The van der Waals surface area contributed by atoms with Gasteiger partial charge in [0.1, 0.15) is 0 Å². The number of ether oxygens (including phenoxy) is 2. The van der Waals surface area contributed by atoms with Gasteiger partial charge in [-0.1, -0.05) is 0 Å². The predicted molar refractivity (Wildman–Crippen MR) is 38.3 cm³/mol. The normalized spacial score (nSPS) is 16.4. The zero-order valence-electron chi connectivity index (χ0n) is 9.06. The molecule has 1 atom stereocenters. The molecule has 1 unspecified atom stereocenters. The van der Waals surface area contributed by atoms with E-state index in [4.69, 9.17) is 0 Å². The van der Waals surface area contributed by atoms with Crippen molar-refractivity contribution < 1.29 is 62.2 Å². The molecule has 0 spiro atoms. The van der Waals surface area contributed by atoms with Crippen molar-refractivity contribution in [3.63, 3.8) is 0 Å². The zero-order chi connectivity index (χ0) is 17.3. The maximum atomic E-state index is 13.1. The van der Waals surface area contributed by atoms with Crippen molar-refractivity contribution in [3.8, 4) is 0 Å². The molecule has 0 radical (unpaired) electrons. The van der Waals surface area contributed by atoms with Crippen LogP contribution in [0.3, 0.4) is 0 Å². The molecular weight excluding hydrogens is 344 g/mol. The summed E-state index contributed by atoms with van der Waals surface area (Å²) < 4.78 is 150. The topological polar surface area (TPSA) is 18.5 Å². The van der Waals surface area contributed by atoms with Crippen molar-refractivity contribution in [1.29, 1.82) is 0 Å². The molecule has 126 valence electrons. The molecule has 0 aromatic heterocycles. The van der Waals surface area contributed by atoms with E-state index in [1.54, 1.807) is 0 Å². The minimum absolute atomic E-state index is 1.98. The molecule has 0 fully saturated rings. The molecule has 0 aliphatic heterocycles. The van der Waals surface area contributed by atoms with Crippen LogP contribution in [0.1, 0.15) is 0 Å². The van der Waals surface area contributed by atoms with Crippen LogP contribution >= 0.6 is 0 Å². The summed E-state index contributed by atoms with van der Waals surface area (Å²) in [6, 6.07) is -3.68. The smallest absolute Gasteiger partial charge is 0.398 e. The van der Waals surface area contributed by atoms with Crippen LogP contribution in [0, 0.1) is 0 Å². The van der Waals surface area contributed by atoms with Crippen molar-refractivity contribution in [3.05, 3.63) is 12.1 Å². The Morgan fingerprint density at radius 1 is 0.810 bits per heavy atom. The van der Waals surface area contributed by atoms with Gasteiger partial charge in [0.25, 0.3) is 0 Å². The Labute approximate surface area is 106 Å². The lowest BCUT2D eigenvalue weighted by Gasteiger charge is -2.34. The second-order valence-electron chi connectivity index (χ2n) is 3.12. The second-order valence-corrected chi connectivity index (χ2v) is 3.12. The van der Waals surface area contributed by atoms with Gasteiger partial charge in [0.05, 0.1) is 0 Å². The molecular formula is C7H2F12O2. The minimum atomic E-state index is -7.03. The van der Waals surface area contributed by atoms with E-state index in [1.807, 2.05) is 9.47 Å². The average molecular weight is 346 g/mol. The van der Waals surface area contributed by atoms with Crippen LogP contribution < -0.4 is 0 Å². The van der Waals surface area contributed by atoms with E-state index >= 15 is 0 Å². The highest BCUT2D eigenvalue weighted by Crippen LogP contribution is 2.50. The van der Waals surface area contributed by atoms with Gasteiger partial charge >= 0.3 is 36.3 Å². The molecule has 0 saturated heterocycles. The quantitative estimate of drug-likeness (QED) is 0.523. The third-order valence-electron chi connectivity index (χ3n) is 1.55. The van der Waals surface area contributed by atoms with Gasteiger partial charge in [-0.25, -0.2) is 4.39 Å². The summed E-state index contributed by atoms with van der Waals surface area (Å²) >= 11 is 0. The fourth-order valence-corrected chi connectivity index (χ4v) is 0.732. The van der Waals surface area contributed by atoms with Gasteiger partial charge in [-0.2, -0.15) is 48.3 Å². The first-order chi connectivity index (χ1) is 9.09. The van der Waals surface area contributed by atoms with Crippen LogP contribution in [0.2, 0.25) is 0 Å². The summed E-state index contributed by atoms with van der Waals surface area (Å²) in [5.41, 5.74) is 0. The van der Waals surface area contributed by atoms with Gasteiger partial charge in [-0.05, 0) is 0 Å². The largest absolute Gasteiger partial charge is 0.471 e. The molecule has 14 heteroatoms. The molecule has 0 saturated carbocycles. The molecule has 0 bridgehead atoms. The van der Waals surface area contributed by atoms with Crippen LogP contribution in [0.5, 0.6) is 0 Å². The van der Waals surface area contributed by atoms with Crippen molar-refractivity contribution in [2.75, 3.05) is 6.67 Å². The third-order valence-corrected chi connectivity index (χ3v) is 1.55. The van der Waals surface area contributed by atoms with Gasteiger partial charge in [0.2, 0.25) is 0 Å². The second kappa shape index (κ2) is 5.81. The first-order valence-electron chi connectivity index (χ1n) is 4.27. The summed E-state index contributed by atoms with van der Waals surface area (Å²) in [7, 11) is 0. The van der Waals surface area contributed by atoms with Gasteiger partial charge in [0.15, 0.2) is 6.67 Å². The molecule has 0 aromatic carbocycles. The molecule has 0 rings (SSSR count). The maximum absolute atomic E-state index is 13.1. The molecule has 0 aliphatic carbocycles. The SMILES string of the molecule is FCC(F)(F)OC(F)(C(F)(F)F)C(F)(F)OC(F)=C(F)F. The number of halogens is 12. The van der Waals surface area contributed by atoms with Crippen LogP contribution in [0.15, 0.2) is 12.1 Å². The van der Waals surface area contributed by atoms with E-state index in [1.165, 1.54) is 0 Å². The summed E-state index contributed by atoms with van der Waals surface area (Å²) in [6.45, 7) is -3.18. The standard InChI is InChI=1S/C7H2F12O2/c8-1-4(12,13)21-5(14,6(15,16)17)7(18,19)20-3(11)2(9)10/h1H2. The summed E-state index contributed by atoms with van der Waals surface area (Å²) in [4.78, 5) is 0. The lowest BCUT2D eigenvalue weighted by molar-refractivity contribution is -0.498. The Morgan fingerprint density at radius 2 is 1.24 bits per heavy atom. The summed E-state index contributed by atoms with van der Waals surface area (Å²) in [5.74, 6) is -6.82. The molecule has 0 amide bonds. The first-order valence-corrected chi connectivity index (χ1v) is 4.27. The highest BCUT2D eigenvalue weighted by molar-refractivity contribution is 4.92. The molecule has 0 aromatic rings. The van der Waals surface area contributed by atoms with E-state index in [0.29, 0.717) is 0 Å². The van der Waals surface area contributed by atoms with Gasteiger partial charge in [0, 0.05) is 0 Å². The summed E-state index contributed by atoms with van der Waals surface area (Å²) in [6.07, 6.45) is -23.2. The minimum Gasteiger partial charge on any atom is -0.398 e. The van der Waals surface area contributed by atoms with Crippen molar-refractivity contribution in [1.82, 2.24) is 0 Å². The van der Waals surface area contributed by atoms with Gasteiger partial charge < -0.3 is 4.74 Å². The first kappa shape index (κ1) is 19.7. The Morgan fingerprint density at radius 3 is 1.52 bits per heavy atom. The van der Waals surface area contributed by atoms with Crippen LogP contribution in [-0.4, -0.2) is 30.9 Å². The van der Waals surface area contributed by atoms with Crippen molar-refractivity contribution in [2.24, 2.45) is 0 Å². The third kappa shape index (κ3) is 4.31. The number of hydrogen-bond acceptors (Lipinski definition) is 2. The lowest BCUT2D eigenvalue weighted by Crippen LogP contribution is -2.61. The van der Waals surface area contributed by atoms with Gasteiger partial charge in [-0.3, -0.25) is 4.74 Å². The van der Waals surface area contributed by atoms with E-state index in [-0.39, 0.29) is 0 Å². The fourth-order valence-electron chi connectivity index (χ4n) is 0.732. The highest BCUT2D eigenvalue weighted by Gasteiger charge is 2.78. The van der Waals surface area contributed by atoms with Crippen molar-refractivity contribution >= 4 is 0 Å². The maximum Gasteiger partial charge on any atom is 0.471 e.